The van der Waals surface area contributed by atoms with Crippen LogP contribution in [-0.2, 0) is 14.8 Å². The Hall–Kier alpha value is -1.52. The highest BCUT2D eigenvalue weighted by molar-refractivity contribution is 9.10. The second-order valence-electron chi connectivity index (χ2n) is 4.80. The van der Waals surface area contributed by atoms with E-state index in [-0.39, 0.29) is 30.3 Å². The average Bonchev–Trinajstić information content (AvgIpc) is 2.68. The average molecular weight is 378 g/mol. The van der Waals surface area contributed by atoms with Gasteiger partial charge in [-0.1, -0.05) is 0 Å². The van der Waals surface area contributed by atoms with E-state index in [1.54, 1.807) is 6.07 Å². The van der Waals surface area contributed by atoms with Crippen LogP contribution in [0.4, 0.5) is 11.4 Å². The van der Waals surface area contributed by atoms with Crippen LogP contribution in [0.3, 0.4) is 0 Å². The molecule has 0 bridgehead atoms. The first-order valence-corrected chi connectivity index (χ1v) is 8.43. The van der Waals surface area contributed by atoms with Crippen LogP contribution in [0.15, 0.2) is 22.7 Å². The number of carbonyl (C=O) groups is 1. The molecule has 0 saturated carbocycles. The van der Waals surface area contributed by atoms with Crippen molar-refractivity contribution in [3.05, 3.63) is 32.8 Å². The fraction of sp³-hybridized carbons (Fsp3) is 0.364. The molecule has 0 radical (unpaired) electrons. The third-order valence-corrected chi connectivity index (χ3v) is 4.72. The van der Waals surface area contributed by atoms with Crippen LogP contribution in [-0.4, -0.2) is 31.5 Å². The van der Waals surface area contributed by atoms with Crippen molar-refractivity contribution in [1.82, 2.24) is 0 Å². The number of carbonyl (C=O) groups excluding carboxylic acids is 1. The number of sulfonamides is 1. The number of nitro benzene ring substituents is 1. The highest BCUT2D eigenvalue weighted by Crippen LogP contribution is 2.32. The molecule has 1 amide bonds. The minimum atomic E-state index is -3.66. The molecule has 1 aromatic rings. The zero-order valence-electron chi connectivity index (χ0n) is 10.7. The van der Waals surface area contributed by atoms with E-state index in [0.29, 0.717) is 10.2 Å². The Morgan fingerprint density at radius 1 is 1.48 bits per heavy atom. The number of hydrogen-bond acceptors (Lipinski definition) is 5. The Bertz CT molecular complexity index is 706. The molecule has 1 saturated heterocycles. The van der Waals surface area contributed by atoms with E-state index in [0.717, 1.165) is 0 Å². The molecule has 1 aromatic carbocycles. The number of nitrogens with zero attached hydrogens (tertiary/aromatic N) is 2. The van der Waals surface area contributed by atoms with Gasteiger partial charge in [-0.15, -0.1) is 0 Å². The van der Waals surface area contributed by atoms with Crippen molar-refractivity contribution >= 4 is 43.2 Å². The minimum absolute atomic E-state index is 0.0558. The van der Waals surface area contributed by atoms with Crippen molar-refractivity contribution in [2.24, 2.45) is 11.1 Å². The van der Waals surface area contributed by atoms with Crippen molar-refractivity contribution in [2.75, 3.05) is 17.2 Å². The van der Waals surface area contributed by atoms with Gasteiger partial charge in [-0.25, -0.2) is 13.6 Å². The number of hydrogen-bond donors (Lipinski definition) is 1. The van der Waals surface area contributed by atoms with Gasteiger partial charge in [-0.05, 0) is 28.1 Å². The molecule has 1 atom stereocenters. The molecular weight excluding hydrogens is 366 g/mol. The van der Waals surface area contributed by atoms with Gasteiger partial charge in [-0.2, -0.15) is 0 Å². The standard InChI is InChI=1S/C11H12BrN3O5S/c12-9-2-1-8(4-10(9)15(17)18)14-5-7(3-11(14)16)6-21(13,19)20/h1-2,4,7H,3,5-6H2,(H2,13,19,20). The number of benzene rings is 1. The van der Waals surface area contributed by atoms with E-state index in [4.69, 9.17) is 5.14 Å². The van der Waals surface area contributed by atoms with Gasteiger partial charge in [0.2, 0.25) is 15.9 Å². The smallest absolute Gasteiger partial charge is 0.285 e. The molecule has 0 spiro atoms. The number of halogens is 1. The molecule has 1 heterocycles. The van der Waals surface area contributed by atoms with Gasteiger partial charge in [0.05, 0.1) is 20.8 Å². The summed E-state index contributed by atoms with van der Waals surface area (Å²) < 4.78 is 22.5. The summed E-state index contributed by atoms with van der Waals surface area (Å²) in [6.07, 6.45) is 0.0558. The van der Waals surface area contributed by atoms with E-state index in [1.807, 2.05) is 0 Å². The van der Waals surface area contributed by atoms with Gasteiger partial charge in [0, 0.05) is 24.9 Å². The molecule has 114 valence electrons. The van der Waals surface area contributed by atoms with Crippen LogP contribution < -0.4 is 10.0 Å². The summed E-state index contributed by atoms with van der Waals surface area (Å²) in [5.41, 5.74) is 0.210. The van der Waals surface area contributed by atoms with Crippen LogP contribution in [0, 0.1) is 16.0 Å². The van der Waals surface area contributed by atoms with E-state index < -0.39 is 20.9 Å². The SMILES string of the molecule is NS(=O)(=O)CC1CC(=O)N(c2ccc(Br)c([N+](=O)[O-])c2)C1. The lowest BCUT2D eigenvalue weighted by molar-refractivity contribution is -0.385. The predicted molar refractivity (Wildman–Crippen MR) is 79.2 cm³/mol. The summed E-state index contributed by atoms with van der Waals surface area (Å²) in [5.74, 6) is -0.969. The van der Waals surface area contributed by atoms with Gasteiger partial charge >= 0.3 is 0 Å². The third kappa shape index (κ3) is 3.77. The number of rotatable bonds is 4. The van der Waals surface area contributed by atoms with Crippen molar-refractivity contribution in [3.63, 3.8) is 0 Å². The molecule has 2 rings (SSSR count). The summed E-state index contributed by atoms with van der Waals surface area (Å²) in [6.45, 7) is 0.175. The first-order chi connectivity index (χ1) is 9.67. The zero-order valence-corrected chi connectivity index (χ0v) is 13.1. The largest absolute Gasteiger partial charge is 0.312 e. The maximum absolute atomic E-state index is 11.9. The Labute approximate surface area is 129 Å². The Morgan fingerprint density at radius 3 is 2.71 bits per heavy atom. The van der Waals surface area contributed by atoms with Crippen molar-refractivity contribution in [3.8, 4) is 0 Å². The number of nitrogens with two attached hydrogens (primary N) is 1. The topological polar surface area (TPSA) is 124 Å². The van der Waals surface area contributed by atoms with E-state index in [2.05, 4.69) is 15.9 Å². The molecule has 1 fully saturated rings. The van der Waals surface area contributed by atoms with Gasteiger partial charge in [0.1, 0.15) is 0 Å². The van der Waals surface area contributed by atoms with Gasteiger partial charge < -0.3 is 4.90 Å². The fourth-order valence-electron chi connectivity index (χ4n) is 2.28. The molecule has 0 aliphatic carbocycles. The first-order valence-electron chi connectivity index (χ1n) is 5.92. The van der Waals surface area contributed by atoms with Crippen LogP contribution in [0.2, 0.25) is 0 Å². The summed E-state index contributed by atoms with van der Waals surface area (Å²) >= 11 is 3.07. The molecule has 10 heteroatoms. The van der Waals surface area contributed by atoms with Crippen LogP contribution in [0.1, 0.15) is 6.42 Å². The zero-order chi connectivity index (χ0) is 15.8. The third-order valence-electron chi connectivity index (χ3n) is 3.11. The second-order valence-corrected chi connectivity index (χ2v) is 7.31. The van der Waals surface area contributed by atoms with Gasteiger partial charge in [0.25, 0.3) is 5.69 Å². The Kier molecular flexibility index (Phi) is 4.30. The highest BCUT2D eigenvalue weighted by atomic mass is 79.9. The molecule has 21 heavy (non-hydrogen) atoms. The van der Waals surface area contributed by atoms with E-state index in [1.165, 1.54) is 17.0 Å². The molecule has 1 unspecified atom stereocenters. The van der Waals surface area contributed by atoms with E-state index >= 15 is 0 Å². The number of primary sulfonamides is 1. The highest BCUT2D eigenvalue weighted by Gasteiger charge is 2.33. The predicted octanol–water partition coefficient (Wildman–Crippen LogP) is 0.999. The monoisotopic (exact) mass is 377 g/mol. The second kappa shape index (κ2) is 5.70. The van der Waals surface area contributed by atoms with Crippen molar-refractivity contribution < 1.29 is 18.1 Å². The van der Waals surface area contributed by atoms with Crippen LogP contribution in [0.5, 0.6) is 0 Å². The van der Waals surface area contributed by atoms with Crippen LogP contribution in [0.25, 0.3) is 0 Å². The normalized spacial score (nSPS) is 19.0. The summed E-state index contributed by atoms with van der Waals surface area (Å²) in [7, 11) is -3.66. The molecule has 1 aliphatic heterocycles. The van der Waals surface area contributed by atoms with Crippen LogP contribution >= 0.6 is 15.9 Å². The summed E-state index contributed by atoms with van der Waals surface area (Å²) in [4.78, 5) is 23.6. The lowest BCUT2D eigenvalue weighted by atomic mass is 10.1. The summed E-state index contributed by atoms with van der Waals surface area (Å²) in [6, 6.07) is 4.32. The van der Waals surface area contributed by atoms with Crippen molar-refractivity contribution in [1.29, 1.82) is 0 Å². The molecule has 0 aromatic heterocycles. The Morgan fingerprint density at radius 2 is 2.14 bits per heavy atom. The molecule has 8 nitrogen and oxygen atoms in total. The van der Waals surface area contributed by atoms with E-state index in [9.17, 15) is 23.3 Å². The lowest BCUT2D eigenvalue weighted by Crippen LogP contribution is -2.27. The minimum Gasteiger partial charge on any atom is -0.312 e. The van der Waals surface area contributed by atoms with Gasteiger partial charge in [-0.3, -0.25) is 14.9 Å². The maximum atomic E-state index is 11.9. The van der Waals surface area contributed by atoms with Gasteiger partial charge in [0.15, 0.2) is 0 Å². The number of amides is 1. The fourth-order valence-corrected chi connectivity index (χ4v) is 3.55. The number of anilines is 1. The quantitative estimate of drug-likeness (QED) is 0.618. The van der Waals surface area contributed by atoms with Crippen molar-refractivity contribution in [2.45, 2.75) is 6.42 Å². The number of nitro groups is 1. The molecule has 1 aliphatic rings. The maximum Gasteiger partial charge on any atom is 0.285 e. The summed E-state index contributed by atoms with van der Waals surface area (Å²) in [5, 5.41) is 15.9. The Balaban J connectivity index is 2.25. The lowest BCUT2D eigenvalue weighted by Gasteiger charge is -2.16. The molecule has 2 N–H and O–H groups in total. The molecular formula is C11H12BrN3O5S. The first kappa shape index (κ1) is 15.9.